The lowest BCUT2D eigenvalue weighted by molar-refractivity contribution is -0.192. The summed E-state index contributed by atoms with van der Waals surface area (Å²) in [6.07, 6.45) is -0.429. The third-order valence-corrected chi connectivity index (χ3v) is 7.55. The first-order valence-electron chi connectivity index (χ1n) is 9.99. The Bertz CT molecular complexity index is 1090. The number of carboxylic acid groups (broad SMARTS) is 1. The van der Waals surface area contributed by atoms with Crippen LogP contribution >= 0.6 is 0 Å². The first-order chi connectivity index (χ1) is 15.5. The van der Waals surface area contributed by atoms with E-state index in [0.29, 0.717) is 43.9 Å². The number of pyridine rings is 1. The molecule has 1 aromatic carbocycles. The number of nitrogens with zero attached hydrogens (tertiary/aromatic N) is 3. The first-order valence-corrected chi connectivity index (χ1v) is 11.4. The van der Waals surface area contributed by atoms with Gasteiger partial charge in [0.15, 0.2) is 0 Å². The standard InChI is InChI=1S/C19H21N3O3S.C2HF3O2/c23-18-19(15-21(18)14-16-5-4-10-20-13-16)8-11-22(12-9-19)26(24,25)17-6-2-1-3-7-17;3-2(4,5)1(6)7/h1-7,10,13H,8-9,11-12,14-15H2;(H,6,7). The number of likely N-dealkylation sites (tertiary alicyclic amines) is 1. The van der Waals surface area contributed by atoms with E-state index in [0.717, 1.165) is 5.56 Å². The van der Waals surface area contributed by atoms with Crippen molar-refractivity contribution in [3.8, 4) is 0 Å². The number of carbonyl (C=O) groups is 2. The third-order valence-electron chi connectivity index (χ3n) is 5.63. The van der Waals surface area contributed by atoms with Gasteiger partial charge in [0.25, 0.3) is 0 Å². The molecule has 33 heavy (non-hydrogen) atoms. The molecule has 0 saturated carbocycles. The highest BCUT2D eigenvalue weighted by atomic mass is 32.2. The molecule has 2 aromatic rings. The van der Waals surface area contributed by atoms with E-state index < -0.39 is 22.2 Å². The van der Waals surface area contributed by atoms with Gasteiger partial charge in [0.2, 0.25) is 15.9 Å². The molecule has 0 radical (unpaired) electrons. The quantitative estimate of drug-likeness (QED) is 0.667. The van der Waals surface area contributed by atoms with Gasteiger partial charge in [0.1, 0.15) is 0 Å². The average molecular weight is 485 g/mol. The number of aliphatic carboxylic acids is 1. The van der Waals surface area contributed by atoms with Gasteiger partial charge in [0.05, 0.1) is 10.3 Å². The molecule has 0 aliphatic carbocycles. The van der Waals surface area contributed by atoms with Crippen LogP contribution in [0.15, 0.2) is 59.8 Å². The van der Waals surface area contributed by atoms with Gasteiger partial charge in [-0.2, -0.15) is 17.5 Å². The zero-order valence-electron chi connectivity index (χ0n) is 17.4. The van der Waals surface area contributed by atoms with Crippen LogP contribution in [0.2, 0.25) is 0 Å². The maximum atomic E-state index is 12.7. The number of hydrogen-bond acceptors (Lipinski definition) is 5. The molecule has 4 rings (SSSR count). The zero-order valence-corrected chi connectivity index (χ0v) is 18.2. The Kier molecular flexibility index (Phi) is 7.08. The molecule has 2 aliphatic rings. The average Bonchev–Trinajstić information content (AvgIpc) is 2.80. The maximum Gasteiger partial charge on any atom is 0.490 e. The fraction of sp³-hybridized carbons (Fsp3) is 0.381. The summed E-state index contributed by atoms with van der Waals surface area (Å²) in [6, 6.07) is 12.3. The van der Waals surface area contributed by atoms with Crippen LogP contribution in [-0.4, -0.2) is 65.4 Å². The summed E-state index contributed by atoms with van der Waals surface area (Å²) in [6.45, 7) is 2.05. The molecule has 1 aromatic heterocycles. The van der Waals surface area contributed by atoms with Crippen molar-refractivity contribution in [3.05, 3.63) is 60.4 Å². The van der Waals surface area contributed by atoms with Gasteiger partial charge >= 0.3 is 12.1 Å². The van der Waals surface area contributed by atoms with Crippen molar-refractivity contribution >= 4 is 21.9 Å². The Morgan fingerprint density at radius 3 is 2.18 bits per heavy atom. The summed E-state index contributed by atoms with van der Waals surface area (Å²) in [5.74, 6) is -2.62. The Balaban J connectivity index is 0.000000383. The van der Waals surface area contributed by atoms with Crippen molar-refractivity contribution in [1.82, 2.24) is 14.2 Å². The van der Waals surface area contributed by atoms with Crippen molar-refractivity contribution in [2.45, 2.75) is 30.5 Å². The molecular weight excluding hydrogens is 463 g/mol. The van der Waals surface area contributed by atoms with E-state index in [2.05, 4.69) is 4.98 Å². The van der Waals surface area contributed by atoms with Gasteiger partial charge in [-0.1, -0.05) is 24.3 Å². The van der Waals surface area contributed by atoms with Crippen LogP contribution in [0.3, 0.4) is 0 Å². The lowest BCUT2D eigenvalue weighted by Crippen LogP contribution is -2.64. The highest BCUT2D eigenvalue weighted by Gasteiger charge is 2.53. The molecule has 2 aliphatic heterocycles. The zero-order chi connectivity index (χ0) is 24.3. The van der Waals surface area contributed by atoms with Crippen molar-refractivity contribution < 1.29 is 36.3 Å². The van der Waals surface area contributed by atoms with E-state index in [1.54, 1.807) is 42.7 Å². The number of hydrogen-bond donors (Lipinski definition) is 1. The van der Waals surface area contributed by atoms with E-state index >= 15 is 0 Å². The van der Waals surface area contributed by atoms with Crippen LogP contribution in [0.25, 0.3) is 0 Å². The van der Waals surface area contributed by atoms with Crippen LogP contribution in [0.4, 0.5) is 13.2 Å². The largest absolute Gasteiger partial charge is 0.490 e. The van der Waals surface area contributed by atoms with Gasteiger partial charge in [-0.25, -0.2) is 13.2 Å². The molecule has 1 N–H and O–H groups in total. The Labute approximate surface area is 188 Å². The summed E-state index contributed by atoms with van der Waals surface area (Å²) < 4.78 is 58.7. The first kappa shape index (κ1) is 24.6. The van der Waals surface area contributed by atoms with E-state index in [1.165, 1.54) is 4.31 Å². The van der Waals surface area contributed by atoms with Crippen molar-refractivity contribution in [3.63, 3.8) is 0 Å². The van der Waals surface area contributed by atoms with E-state index in [1.807, 2.05) is 17.0 Å². The predicted molar refractivity (Wildman–Crippen MR) is 110 cm³/mol. The number of rotatable bonds is 4. The summed E-state index contributed by atoms with van der Waals surface area (Å²) in [4.78, 5) is 27.8. The highest BCUT2D eigenvalue weighted by Crippen LogP contribution is 2.43. The van der Waals surface area contributed by atoms with E-state index in [-0.39, 0.29) is 11.3 Å². The minimum absolute atomic E-state index is 0.137. The monoisotopic (exact) mass is 485 g/mol. The Hall–Kier alpha value is -2.99. The van der Waals surface area contributed by atoms with Crippen molar-refractivity contribution in [1.29, 1.82) is 0 Å². The second kappa shape index (κ2) is 9.48. The SMILES string of the molecule is O=C(O)C(F)(F)F.O=C1N(Cc2cccnc2)CC12CCN(S(=O)(=O)c1ccccc1)CC2. The Morgan fingerprint density at radius 1 is 1.09 bits per heavy atom. The number of benzene rings is 1. The fourth-order valence-corrected chi connectivity index (χ4v) is 5.32. The van der Waals surface area contributed by atoms with Crippen molar-refractivity contribution in [2.24, 2.45) is 5.41 Å². The molecule has 3 heterocycles. The van der Waals surface area contributed by atoms with Crippen LogP contribution < -0.4 is 0 Å². The number of amides is 1. The molecule has 12 heteroatoms. The molecule has 2 saturated heterocycles. The van der Waals surface area contributed by atoms with Crippen LogP contribution in [0, 0.1) is 5.41 Å². The number of carboxylic acids is 1. The van der Waals surface area contributed by atoms with Gasteiger partial charge in [-0.3, -0.25) is 9.78 Å². The minimum atomic E-state index is -5.08. The Morgan fingerprint density at radius 2 is 1.70 bits per heavy atom. The van der Waals surface area contributed by atoms with E-state index in [9.17, 15) is 26.4 Å². The number of piperidine rings is 1. The van der Waals surface area contributed by atoms with Gasteiger partial charge < -0.3 is 10.0 Å². The second-order valence-corrected chi connectivity index (χ2v) is 9.76. The second-order valence-electron chi connectivity index (χ2n) is 7.82. The number of aromatic nitrogens is 1. The lowest BCUT2D eigenvalue weighted by Gasteiger charge is -2.52. The molecule has 1 spiro atoms. The van der Waals surface area contributed by atoms with Crippen LogP contribution in [0.5, 0.6) is 0 Å². The highest BCUT2D eigenvalue weighted by molar-refractivity contribution is 7.89. The van der Waals surface area contributed by atoms with Gasteiger partial charge in [0, 0.05) is 38.6 Å². The smallest absolute Gasteiger partial charge is 0.475 e. The summed E-state index contributed by atoms with van der Waals surface area (Å²) in [5, 5.41) is 7.12. The van der Waals surface area contributed by atoms with Crippen LogP contribution in [0.1, 0.15) is 18.4 Å². The van der Waals surface area contributed by atoms with E-state index in [4.69, 9.17) is 9.90 Å². The molecule has 178 valence electrons. The summed E-state index contributed by atoms with van der Waals surface area (Å²) in [7, 11) is -3.48. The lowest BCUT2D eigenvalue weighted by atomic mass is 9.71. The molecule has 8 nitrogen and oxygen atoms in total. The van der Waals surface area contributed by atoms with Crippen LogP contribution in [-0.2, 0) is 26.2 Å². The number of halogens is 3. The third kappa shape index (κ3) is 5.50. The predicted octanol–water partition coefficient (Wildman–Crippen LogP) is 2.53. The summed E-state index contributed by atoms with van der Waals surface area (Å²) in [5.41, 5.74) is 0.630. The van der Waals surface area contributed by atoms with Crippen molar-refractivity contribution in [2.75, 3.05) is 19.6 Å². The summed E-state index contributed by atoms with van der Waals surface area (Å²) >= 11 is 0. The molecule has 0 atom stereocenters. The van der Waals surface area contributed by atoms with Gasteiger partial charge in [-0.05, 0) is 36.6 Å². The molecule has 0 bridgehead atoms. The molecule has 1 amide bonds. The number of carbonyl (C=O) groups excluding carboxylic acids is 1. The number of alkyl halides is 3. The topological polar surface area (TPSA) is 108 Å². The molecule has 2 fully saturated rings. The minimum Gasteiger partial charge on any atom is -0.475 e. The number of sulfonamides is 1. The molecular formula is C21H22F3N3O5S. The number of β-lactam (4-membered cyclic amide) rings is 1. The van der Waals surface area contributed by atoms with Gasteiger partial charge in [-0.15, -0.1) is 0 Å². The normalized spacial score (nSPS) is 18.3. The maximum absolute atomic E-state index is 12.7. The molecule has 0 unspecified atom stereocenters. The fourth-order valence-electron chi connectivity index (χ4n) is 3.86.